The second-order valence-electron chi connectivity index (χ2n) is 9.77. The van der Waals surface area contributed by atoms with E-state index < -0.39 is 28.7 Å². The molecule has 1 atom stereocenters. The van der Waals surface area contributed by atoms with E-state index in [2.05, 4.69) is 5.32 Å². The van der Waals surface area contributed by atoms with Gasteiger partial charge in [0.15, 0.2) is 0 Å². The fourth-order valence-corrected chi connectivity index (χ4v) is 5.46. The number of hydrogen-bond donors (Lipinski definition) is 1. The third-order valence-electron chi connectivity index (χ3n) is 6.10. The molecule has 3 rings (SSSR count). The van der Waals surface area contributed by atoms with Crippen LogP contribution in [0.15, 0.2) is 78.9 Å². The normalized spacial score (nSPS) is 12.3. The Bertz CT molecular complexity index is 1400. The van der Waals surface area contributed by atoms with Crippen molar-refractivity contribution in [3.8, 4) is 0 Å². The molecule has 3 aromatic carbocycles. The Labute approximate surface area is 246 Å². The molecule has 0 aromatic heterocycles. The molecule has 8 nitrogen and oxygen atoms in total. The summed E-state index contributed by atoms with van der Waals surface area (Å²) in [6, 6.07) is 21.6. The number of carbonyl (C=O) groups excluding carboxylic acids is 2. The highest BCUT2D eigenvalue weighted by atomic mass is 35.5. The van der Waals surface area contributed by atoms with Gasteiger partial charge >= 0.3 is 10.2 Å². The van der Waals surface area contributed by atoms with E-state index in [1.165, 1.54) is 19.0 Å². The first-order valence-electron chi connectivity index (χ1n) is 12.7. The number of nitrogens with zero attached hydrogens (tertiary/aromatic N) is 3. The summed E-state index contributed by atoms with van der Waals surface area (Å²) >= 11 is 12.4. The summed E-state index contributed by atoms with van der Waals surface area (Å²) in [4.78, 5) is 29.1. The third kappa shape index (κ3) is 8.20. The van der Waals surface area contributed by atoms with E-state index in [4.69, 9.17) is 23.2 Å². The van der Waals surface area contributed by atoms with Gasteiger partial charge in [-0.3, -0.25) is 9.59 Å². The molecule has 1 N–H and O–H groups in total. The van der Waals surface area contributed by atoms with Crippen molar-refractivity contribution < 1.29 is 18.0 Å². The molecule has 0 aliphatic rings. The second-order valence-corrected chi connectivity index (χ2v) is 12.7. The molecule has 0 saturated heterocycles. The second kappa shape index (κ2) is 14.0. The fraction of sp³-hybridized carbons (Fsp3) is 0.310. The van der Waals surface area contributed by atoms with Crippen LogP contribution < -0.4 is 9.62 Å². The lowest BCUT2D eigenvalue weighted by Crippen LogP contribution is -2.55. The maximum Gasteiger partial charge on any atom is 0.304 e. The van der Waals surface area contributed by atoms with E-state index in [-0.39, 0.29) is 24.9 Å². The number of hydrogen-bond acceptors (Lipinski definition) is 4. The molecule has 2 amide bonds. The monoisotopic (exact) mass is 604 g/mol. The van der Waals surface area contributed by atoms with Crippen LogP contribution in [-0.4, -0.2) is 62.2 Å². The number of nitrogens with one attached hydrogen (secondary N) is 1. The van der Waals surface area contributed by atoms with Gasteiger partial charge in [0.25, 0.3) is 0 Å². The Morgan fingerprint density at radius 3 is 2.00 bits per heavy atom. The number of benzene rings is 3. The summed E-state index contributed by atoms with van der Waals surface area (Å²) in [5, 5.41) is 3.58. The van der Waals surface area contributed by atoms with Crippen molar-refractivity contribution in [2.75, 3.05) is 24.9 Å². The summed E-state index contributed by atoms with van der Waals surface area (Å²) in [6.07, 6.45) is 0.220. The van der Waals surface area contributed by atoms with Gasteiger partial charge in [0, 0.05) is 33.1 Å². The zero-order valence-electron chi connectivity index (χ0n) is 22.9. The Hall–Kier alpha value is -3.11. The smallest absolute Gasteiger partial charge is 0.304 e. The third-order valence-corrected chi connectivity index (χ3v) is 8.66. The quantitative estimate of drug-likeness (QED) is 0.322. The van der Waals surface area contributed by atoms with Crippen LogP contribution in [-0.2, 0) is 32.8 Å². The number of para-hydroxylation sites is 1. The van der Waals surface area contributed by atoms with Crippen molar-refractivity contribution in [3.63, 3.8) is 0 Å². The van der Waals surface area contributed by atoms with Crippen molar-refractivity contribution in [1.82, 2.24) is 14.5 Å². The molecule has 0 spiro atoms. The Morgan fingerprint density at radius 2 is 1.45 bits per heavy atom. The van der Waals surface area contributed by atoms with Crippen LogP contribution in [0.4, 0.5) is 5.69 Å². The topological polar surface area (TPSA) is 90.0 Å². The SMILES string of the molecule is CC(C)NC(=O)[C@H](Cc1ccccc1)N(Cc1ccc(Cl)c(Cl)c1)C(=O)CN(c1ccccc1)S(=O)(=O)N(C)C. The molecule has 11 heteroatoms. The van der Waals surface area contributed by atoms with Crippen LogP contribution in [0.1, 0.15) is 25.0 Å². The predicted molar refractivity (Wildman–Crippen MR) is 161 cm³/mol. The molecular weight excluding hydrogens is 571 g/mol. The highest BCUT2D eigenvalue weighted by molar-refractivity contribution is 7.90. The molecule has 0 fully saturated rings. The van der Waals surface area contributed by atoms with Crippen molar-refractivity contribution in [1.29, 1.82) is 0 Å². The summed E-state index contributed by atoms with van der Waals surface area (Å²) < 4.78 is 28.8. The van der Waals surface area contributed by atoms with Crippen LogP contribution in [0, 0.1) is 0 Å². The van der Waals surface area contributed by atoms with Crippen molar-refractivity contribution in [2.45, 2.75) is 38.9 Å². The van der Waals surface area contributed by atoms with Crippen LogP contribution in [0.2, 0.25) is 10.0 Å². The standard InChI is InChI=1S/C29H34Cl2N4O4S/c1-21(2)32-29(37)27(18-22-11-7-5-8-12-22)34(19-23-15-16-25(30)26(31)17-23)28(36)20-35(40(38,39)33(3)4)24-13-9-6-10-14-24/h5-17,21,27H,18-20H2,1-4H3,(H,32,37)/t27-/m0/s1. The van der Waals surface area contributed by atoms with E-state index in [1.807, 2.05) is 44.2 Å². The number of halogens is 2. The lowest BCUT2D eigenvalue weighted by molar-refractivity contribution is -0.140. The fourth-order valence-electron chi connectivity index (χ4n) is 4.08. The van der Waals surface area contributed by atoms with Gasteiger partial charge < -0.3 is 10.2 Å². The number of rotatable bonds is 12. The van der Waals surface area contributed by atoms with E-state index in [0.717, 1.165) is 14.2 Å². The Morgan fingerprint density at radius 1 is 0.850 bits per heavy atom. The number of carbonyl (C=O) groups is 2. The van der Waals surface area contributed by atoms with Gasteiger partial charge in [-0.05, 0) is 49.2 Å². The minimum absolute atomic E-state index is 0.00335. The first-order valence-corrected chi connectivity index (χ1v) is 14.9. The molecule has 0 heterocycles. The summed E-state index contributed by atoms with van der Waals surface area (Å²) in [5.41, 5.74) is 1.81. The number of amides is 2. The lowest BCUT2D eigenvalue weighted by atomic mass is 10.0. The zero-order chi connectivity index (χ0) is 29.4. The minimum atomic E-state index is -4.05. The van der Waals surface area contributed by atoms with Crippen LogP contribution in [0.5, 0.6) is 0 Å². The van der Waals surface area contributed by atoms with Crippen molar-refractivity contribution >= 4 is 50.9 Å². The molecule has 0 saturated carbocycles. The van der Waals surface area contributed by atoms with Crippen molar-refractivity contribution in [3.05, 3.63) is 100 Å². The van der Waals surface area contributed by atoms with Gasteiger partial charge in [0.05, 0.1) is 15.7 Å². The molecule has 0 aliphatic carbocycles. The summed E-state index contributed by atoms with van der Waals surface area (Å²) in [6.45, 7) is 3.16. The maximum atomic E-state index is 14.1. The molecule has 214 valence electrons. The van der Waals surface area contributed by atoms with Gasteiger partial charge in [-0.25, -0.2) is 4.31 Å². The molecule has 40 heavy (non-hydrogen) atoms. The molecule has 0 unspecified atom stereocenters. The first kappa shape index (κ1) is 31.4. The largest absolute Gasteiger partial charge is 0.352 e. The van der Waals surface area contributed by atoms with Gasteiger partial charge in [-0.1, -0.05) is 77.8 Å². The van der Waals surface area contributed by atoms with E-state index >= 15 is 0 Å². The van der Waals surface area contributed by atoms with Gasteiger partial charge in [0.2, 0.25) is 11.8 Å². The van der Waals surface area contributed by atoms with Crippen molar-refractivity contribution in [2.24, 2.45) is 0 Å². The highest BCUT2D eigenvalue weighted by Crippen LogP contribution is 2.25. The first-order chi connectivity index (χ1) is 18.9. The minimum Gasteiger partial charge on any atom is -0.352 e. The molecule has 0 bridgehead atoms. The van der Waals surface area contributed by atoms with Crippen LogP contribution >= 0.6 is 23.2 Å². The Balaban J connectivity index is 2.09. The van der Waals surface area contributed by atoms with E-state index in [0.29, 0.717) is 21.3 Å². The predicted octanol–water partition coefficient (Wildman–Crippen LogP) is 4.77. The van der Waals surface area contributed by atoms with E-state index in [9.17, 15) is 18.0 Å². The average molecular weight is 606 g/mol. The summed E-state index contributed by atoms with van der Waals surface area (Å²) in [7, 11) is -1.25. The van der Waals surface area contributed by atoms with Gasteiger partial charge in [0.1, 0.15) is 12.6 Å². The maximum absolute atomic E-state index is 14.1. The van der Waals surface area contributed by atoms with Gasteiger partial charge in [-0.15, -0.1) is 0 Å². The summed E-state index contributed by atoms with van der Waals surface area (Å²) in [5.74, 6) is -0.908. The van der Waals surface area contributed by atoms with Gasteiger partial charge in [-0.2, -0.15) is 12.7 Å². The lowest BCUT2D eigenvalue weighted by Gasteiger charge is -2.34. The molecular formula is C29H34Cl2N4O4S. The highest BCUT2D eigenvalue weighted by Gasteiger charge is 2.34. The molecule has 3 aromatic rings. The van der Waals surface area contributed by atoms with Crippen LogP contribution in [0.3, 0.4) is 0 Å². The van der Waals surface area contributed by atoms with Crippen LogP contribution in [0.25, 0.3) is 0 Å². The Kier molecular flexibility index (Phi) is 11.0. The van der Waals surface area contributed by atoms with E-state index in [1.54, 1.807) is 48.5 Å². The molecule has 0 aliphatic heterocycles. The molecule has 0 radical (unpaired) electrons. The average Bonchev–Trinajstić information content (AvgIpc) is 2.91. The zero-order valence-corrected chi connectivity index (χ0v) is 25.2. The number of anilines is 1.